The van der Waals surface area contributed by atoms with E-state index >= 15 is 0 Å². The monoisotopic (exact) mass is 154 g/mol. The van der Waals surface area contributed by atoms with Gasteiger partial charge >= 0.3 is 0 Å². The highest BCUT2D eigenvalue weighted by Gasteiger charge is 1.78. The van der Waals surface area contributed by atoms with E-state index in [2.05, 4.69) is 32.6 Å². The van der Waals surface area contributed by atoms with E-state index in [4.69, 9.17) is 0 Å². The molecule has 0 spiro atoms. The molecule has 0 rings (SSSR count). The van der Waals surface area contributed by atoms with Crippen LogP contribution in [0.25, 0.3) is 0 Å². The summed E-state index contributed by atoms with van der Waals surface area (Å²) in [4.78, 5) is 0. The van der Waals surface area contributed by atoms with Crippen LogP contribution in [0, 0.1) is 0 Å². The van der Waals surface area contributed by atoms with Gasteiger partial charge in [-0.05, 0) is 12.8 Å². The molecule has 0 unspecified atom stereocenters. The standard InChI is InChI=1S/C9H16.C2H6/c1-4-6-7-8-9(3)5-2;1-2/h7-8H,3-6H2,1-2H3;1-2H3/b8-7-;. The largest absolute Gasteiger partial charge is 0.0959 e. The Morgan fingerprint density at radius 3 is 2.18 bits per heavy atom. The van der Waals surface area contributed by atoms with Crippen LogP contribution in [0.5, 0.6) is 0 Å². The van der Waals surface area contributed by atoms with Crippen molar-refractivity contribution in [2.24, 2.45) is 0 Å². The van der Waals surface area contributed by atoms with Gasteiger partial charge in [-0.3, -0.25) is 0 Å². The second-order valence-corrected chi connectivity index (χ2v) is 2.20. The summed E-state index contributed by atoms with van der Waals surface area (Å²) in [5.74, 6) is 0. The number of unbranched alkanes of at least 4 members (excludes halogenated alkanes) is 1. The van der Waals surface area contributed by atoms with Crippen LogP contribution >= 0.6 is 0 Å². The number of rotatable bonds is 4. The lowest BCUT2D eigenvalue weighted by Crippen LogP contribution is -1.68. The van der Waals surface area contributed by atoms with Gasteiger partial charge in [0.05, 0.1) is 0 Å². The van der Waals surface area contributed by atoms with Gasteiger partial charge in [0.2, 0.25) is 0 Å². The van der Waals surface area contributed by atoms with Gasteiger partial charge in [0, 0.05) is 0 Å². The van der Waals surface area contributed by atoms with E-state index in [0.717, 1.165) is 6.42 Å². The molecule has 0 aromatic carbocycles. The molecule has 11 heavy (non-hydrogen) atoms. The van der Waals surface area contributed by atoms with Crippen molar-refractivity contribution in [2.75, 3.05) is 0 Å². The summed E-state index contributed by atoms with van der Waals surface area (Å²) < 4.78 is 0. The van der Waals surface area contributed by atoms with Crippen LogP contribution in [-0.2, 0) is 0 Å². The van der Waals surface area contributed by atoms with Gasteiger partial charge in [0.15, 0.2) is 0 Å². The predicted octanol–water partition coefficient (Wildman–Crippen LogP) is 4.34. The highest BCUT2D eigenvalue weighted by Crippen LogP contribution is 1.99. The average molecular weight is 154 g/mol. The Bertz CT molecular complexity index is 98.6. The second kappa shape index (κ2) is 12.2. The lowest BCUT2D eigenvalue weighted by atomic mass is 10.2. The molecule has 0 bridgehead atoms. The third-order valence-corrected chi connectivity index (χ3v) is 1.26. The fraction of sp³-hybridized carbons (Fsp3) is 0.636. The van der Waals surface area contributed by atoms with E-state index in [-0.39, 0.29) is 0 Å². The van der Waals surface area contributed by atoms with E-state index in [1.165, 1.54) is 18.4 Å². The van der Waals surface area contributed by atoms with E-state index in [1.54, 1.807) is 0 Å². The molecule has 0 aliphatic rings. The van der Waals surface area contributed by atoms with Crippen molar-refractivity contribution < 1.29 is 0 Å². The normalized spacial score (nSPS) is 9.09. The highest BCUT2D eigenvalue weighted by atomic mass is 13.9. The maximum atomic E-state index is 3.86. The molecule has 66 valence electrons. The van der Waals surface area contributed by atoms with Crippen molar-refractivity contribution in [1.82, 2.24) is 0 Å². The van der Waals surface area contributed by atoms with Crippen LogP contribution in [0.2, 0.25) is 0 Å². The highest BCUT2D eigenvalue weighted by molar-refractivity contribution is 5.13. The molecule has 0 saturated heterocycles. The Morgan fingerprint density at radius 1 is 1.27 bits per heavy atom. The van der Waals surface area contributed by atoms with Gasteiger partial charge < -0.3 is 0 Å². The first-order valence-corrected chi connectivity index (χ1v) is 4.65. The van der Waals surface area contributed by atoms with Crippen LogP contribution in [0.1, 0.15) is 47.0 Å². The fourth-order valence-electron chi connectivity index (χ4n) is 0.535. The van der Waals surface area contributed by atoms with Crippen molar-refractivity contribution in [3.8, 4) is 0 Å². The zero-order valence-electron chi connectivity index (χ0n) is 8.48. The SMILES string of the molecule is C=C(/C=C\CCC)CC.CC. The zero-order valence-corrected chi connectivity index (χ0v) is 8.48. The predicted molar refractivity (Wildman–Crippen MR) is 54.8 cm³/mol. The molecule has 0 radical (unpaired) electrons. The van der Waals surface area contributed by atoms with Crippen LogP contribution in [0.15, 0.2) is 24.3 Å². The summed E-state index contributed by atoms with van der Waals surface area (Å²) in [7, 11) is 0. The Hall–Kier alpha value is -0.520. The molecule has 0 aromatic heterocycles. The van der Waals surface area contributed by atoms with Crippen molar-refractivity contribution in [3.63, 3.8) is 0 Å². The summed E-state index contributed by atoms with van der Waals surface area (Å²) >= 11 is 0. The van der Waals surface area contributed by atoms with Gasteiger partial charge in [-0.25, -0.2) is 0 Å². The maximum absolute atomic E-state index is 3.86. The van der Waals surface area contributed by atoms with Crippen LogP contribution in [0.3, 0.4) is 0 Å². The molecule has 0 heteroatoms. The minimum absolute atomic E-state index is 1.07. The molecule has 0 amide bonds. The lowest BCUT2D eigenvalue weighted by Gasteiger charge is -1.89. The molecule has 0 nitrogen and oxygen atoms in total. The Morgan fingerprint density at radius 2 is 1.82 bits per heavy atom. The van der Waals surface area contributed by atoms with Crippen LogP contribution < -0.4 is 0 Å². The third kappa shape index (κ3) is 12.6. The smallest absolute Gasteiger partial charge is 0.0313 e. The van der Waals surface area contributed by atoms with E-state index in [1.807, 2.05) is 13.8 Å². The molecular weight excluding hydrogens is 132 g/mol. The summed E-state index contributed by atoms with van der Waals surface area (Å²) in [6, 6.07) is 0. The zero-order chi connectivity index (χ0) is 9.11. The minimum Gasteiger partial charge on any atom is -0.0959 e. The van der Waals surface area contributed by atoms with E-state index in [9.17, 15) is 0 Å². The second-order valence-electron chi connectivity index (χ2n) is 2.20. The molecule has 0 aliphatic carbocycles. The summed E-state index contributed by atoms with van der Waals surface area (Å²) in [5, 5.41) is 0. The summed E-state index contributed by atoms with van der Waals surface area (Å²) in [6.45, 7) is 12.2. The Kier molecular flexibility index (Phi) is 14.5. The van der Waals surface area contributed by atoms with Gasteiger partial charge in [0.1, 0.15) is 0 Å². The quantitative estimate of drug-likeness (QED) is 0.528. The van der Waals surface area contributed by atoms with Crippen molar-refractivity contribution in [1.29, 1.82) is 0 Å². The molecule has 0 heterocycles. The molecular formula is C11H22. The summed E-state index contributed by atoms with van der Waals surface area (Å²) in [6.07, 6.45) is 7.78. The van der Waals surface area contributed by atoms with Crippen LogP contribution in [-0.4, -0.2) is 0 Å². The number of hydrogen-bond acceptors (Lipinski definition) is 0. The molecule has 0 N–H and O–H groups in total. The Labute approximate surface area is 72.0 Å². The van der Waals surface area contributed by atoms with Gasteiger partial charge in [0.25, 0.3) is 0 Å². The first kappa shape index (κ1) is 13.1. The minimum atomic E-state index is 1.07. The lowest BCUT2D eigenvalue weighted by molar-refractivity contribution is 0.956. The average Bonchev–Trinajstić information content (AvgIpc) is 2.08. The molecule has 0 fully saturated rings. The molecule has 0 atom stereocenters. The third-order valence-electron chi connectivity index (χ3n) is 1.26. The number of hydrogen-bond donors (Lipinski definition) is 0. The van der Waals surface area contributed by atoms with Gasteiger partial charge in [-0.2, -0.15) is 0 Å². The van der Waals surface area contributed by atoms with Crippen molar-refractivity contribution >= 4 is 0 Å². The maximum Gasteiger partial charge on any atom is -0.0313 e. The molecule has 0 saturated carbocycles. The molecule has 0 aliphatic heterocycles. The van der Waals surface area contributed by atoms with E-state index < -0.39 is 0 Å². The van der Waals surface area contributed by atoms with E-state index in [0.29, 0.717) is 0 Å². The first-order valence-electron chi connectivity index (χ1n) is 4.65. The number of allylic oxidation sites excluding steroid dienone is 3. The summed E-state index contributed by atoms with van der Waals surface area (Å²) in [5.41, 5.74) is 1.23. The first-order chi connectivity index (χ1) is 5.31. The van der Waals surface area contributed by atoms with Gasteiger partial charge in [-0.1, -0.05) is 58.4 Å². The topological polar surface area (TPSA) is 0 Å². The van der Waals surface area contributed by atoms with Crippen molar-refractivity contribution in [3.05, 3.63) is 24.3 Å². The van der Waals surface area contributed by atoms with Crippen LogP contribution in [0.4, 0.5) is 0 Å². The fourth-order valence-corrected chi connectivity index (χ4v) is 0.535. The van der Waals surface area contributed by atoms with Crippen molar-refractivity contribution in [2.45, 2.75) is 47.0 Å². The molecule has 0 aromatic rings. The Balaban J connectivity index is 0. The van der Waals surface area contributed by atoms with Gasteiger partial charge in [-0.15, -0.1) is 0 Å².